The summed E-state index contributed by atoms with van der Waals surface area (Å²) in [5, 5.41) is 3.67. The average molecular weight is 237 g/mol. The summed E-state index contributed by atoms with van der Waals surface area (Å²) in [5.41, 5.74) is 5.92. The van der Waals surface area contributed by atoms with Gasteiger partial charge in [-0.1, -0.05) is 5.16 Å². The van der Waals surface area contributed by atoms with Crippen molar-refractivity contribution in [2.45, 2.75) is 19.8 Å². The van der Waals surface area contributed by atoms with Crippen LogP contribution < -0.4 is 5.73 Å². The van der Waals surface area contributed by atoms with Crippen LogP contribution in [-0.2, 0) is 4.79 Å². The quantitative estimate of drug-likeness (QED) is 0.802. The highest BCUT2D eigenvalue weighted by molar-refractivity contribution is 5.92. The lowest BCUT2D eigenvalue weighted by atomic mass is 9.97. The Morgan fingerprint density at radius 1 is 1.59 bits per heavy atom. The van der Waals surface area contributed by atoms with E-state index in [9.17, 15) is 9.59 Å². The van der Waals surface area contributed by atoms with E-state index in [0.29, 0.717) is 18.8 Å². The molecule has 2 N–H and O–H groups in total. The molecule has 17 heavy (non-hydrogen) atoms. The molecule has 6 heteroatoms. The van der Waals surface area contributed by atoms with Gasteiger partial charge >= 0.3 is 0 Å². The van der Waals surface area contributed by atoms with Gasteiger partial charge in [-0.3, -0.25) is 9.59 Å². The molecular weight excluding hydrogens is 222 g/mol. The number of carbonyl (C=O) groups excluding carboxylic acids is 2. The molecule has 0 bridgehead atoms. The molecule has 1 aliphatic rings. The summed E-state index contributed by atoms with van der Waals surface area (Å²) in [6.07, 6.45) is 1.53. The maximum atomic E-state index is 12.0. The predicted octanol–water partition coefficient (Wildman–Crippen LogP) is 0.321. The highest BCUT2D eigenvalue weighted by Gasteiger charge is 2.29. The smallest absolute Gasteiger partial charge is 0.292 e. The molecule has 1 atom stereocenters. The van der Waals surface area contributed by atoms with E-state index in [4.69, 9.17) is 10.3 Å². The molecule has 92 valence electrons. The van der Waals surface area contributed by atoms with E-state index in [1.165, 1.54) is 0 Å². The maximum absolute atomic E-state index is 12.0. The highest BCUT2D eigenvalue weighted by atomic mass is 16.5. The first-order valence-electron chi connectivity index (χ1n) is 5.60. The number of piperidine rings is 1. The van der Waals surface area contributed by atoms with Gasteiger partial charge in [0, 0.05) is 19.2 Å². The van der Waals surface area contributed by atoms with E-state index in [1.54, 1.807) is 17.9 Å². The molecule has 0 spiro atoms. The third-order valence-electron chi connectivity index (χ3n) is 2.95. The number of likely N-dealkylation sites (tertiary alicyclic amines) is 1. The van der Waals surface area contributed by atoms with Crippen LogP contribution in [0.4, 0.5) is 0 Å². The molecule has 0 aliphatic carbocycles. The van der Waals surface area contributed by atoms with E-state index in [0.717, 1.165) is 12.8 Å². The minimum atomic E-state index is -0.351. The number of rotatable bonds is 2. The Morgan fingerprint density at radius 3 is 2.94 bits per heavy atom. The van der Waals surface area contributed by atoms with Crippen molar-refractivity contribution in [1.82, 2.24) is 10.1 Å². The molecule has 1 unspecified atom stereocenters. The third-order valence-corrected chi connectivity index (χ3v) is 2.95. The molecule has 1 fully saturated rings. The van der Waals surface area contributed by atoms with Crippen molar-refractivity contribution < 1.29 is 14.1 Å². The van der Waals surface area contributed by atoms with Gasteiger partial charge in [-0.05, 0) is 19.8 Å². The van der Waals surface area contributed by atoms with Crippen molar-refractivity contribution in [1.29, 1.82) is 0 Å². The zero-order valence-corrected chi connectivity index (χ0v) is 9.68. The number of aromatic nitrogens is 1. The largest absolute Gasteiger partial charge is 0.369 e. The molecule has 0 radical (unpaired) electrons. The van der Waals surface area contributed by atoms with Gasteiger partial charge in [-0.25, -0.2) is 0 Å². The first kappa shape index (κ1) is 11.6. The van der Waals surface area contributed by atoms with Crippen LogP contribution in [-0.4, -0.2) is 35.0 Å². The number of primary amides is 1. The summed E-state index contributed by atoms with van der Waals surface area (Å²) < 4.78 is 4.92. The second-order valence-corrected chi connectivity index (χ2v) is 4.33. The molecule has 0 aromatic carbocycles. The van der Waals surface area contributed by atoms with E-state index < -0.39 is 0 Å². The van der Waals surface area contributed by atoms with Gasteiger partial charge in [0.25, 0.3) is 5.91 Å². The van der Waals surface area contributed by atoms with E-state index in [-0.39, 0.29) is 23.5 Å². The summed E-state index contributed by atoms with van der Waals surface area (Å²) in [5.74, 6) is -0.614. The second kappa shape index (κ2) is 4.57. The first-order chi connectivity index (χ1) is 8.08. The normalized spacial score (nSPS) is 20.3. The monoisotopic (exact) mass is 237 g/mol. The Hall–Kier alpha value is -1.85. The topological polar surface area (TPSA) is 89.4 Å². The van der Waals surface area contributed by atoms with Gasteiger partial charge in [0.1, 0.15) is 0 Å². The standard InChI is InChI=1S/C11H15N3O3/c1-7-5-9(17-13-7)11(16)14-4-2-3-8(6-14)10(12)15/h5,8H,2-4,6H2,1H3,(H2,12,15). The second-order valence-electron chi connectivity index (χ2n) is 4.33. The van der Waals surface area contributed by atoms with Crippen molar-refractivity contribution in [2.75, 3.05) is 13.1 Å². The average Bonchev–Trinajstić information content (AvgIpc) is 2.75. The lowest BCUT2D eigenvalue weighted by molar-refractivity contribution is -0.123. The molecule has 1 aromatic rings. The Kier molecular flexibility index (Phi) is 3.12. The van der Waals surface area contributed by atoms with Gasteiger partial charge < -0.3 is 15.2 Å². The van der Waals surface area contributed by atoms with Crippen LogP contribution in [0.15, 0.2) is 10.6 Å². The van der Waals surface area contributed by atoms with Crippen molar-refractivity contribution >= 4 is 11.8 Å². The van der Waals surface area contributed by atoms with E-state index in [1.807, 2.05) is 0 Å². The Bertz CT molecular complexity index is 441. The third kappa shape index (κ3) is 2.46. The maximum Gasteiger partial charge on any atom is 0.292 e. The van der Waals surface area contributed by atoms with Crippen LogP contribution in [0.2, 0.25) is 0 Å². The number of hydrogen-bond donors (Lipinski definition) is 1. The minimum Gasteiger partial charge on any atom is -0.369 e. The first-order valence-corrected chi connectivity index (χ1v) is 5.60. The van der Waals surface area contributed by atoms with Crippen molar-refractivity contribution in [3.63, 3.8) is 0 Å². The number of hydrogen-bond acceptors (Lipinski definition) is 4. The van der Waals surface area contributed by atoms with Gasteiger partial charge in [-0.15, -0.1) is 0 Å². The van der Waals surface area contributed by atoms with Crippen LogP contribution in [0.3, 0.4) is 0 Å². The van der Waals surface area contributed by atoms with E-state index in [2.05, 4.69) is 5.16 Å². The summed E-state index contributed by atoms with van der Waals surface area (Å²) in [6, 6.07) is 1.59. The number of amides is 2. The lowest BCUT2D eigenvalue weighted by Gasteiger charge is -2.30. The molecule has 6 nitrogen and oxygen atoms in total. The molecule has 2 amide bonds. The molecule has 1 saturated heterocycles. The van der Waals surface area contributed by atoms with Crippen LogP contribution in [0.1, 0.15) is 29.1 Å². The minimum absolute atomic E-state index is 0.215. The molecule has 1 aliphatic heterocycles. The van der Waals surface area contributed by atoms with E-state index >= 15 is 0 Å². The molecule has 0 saturated carbocycles. The highest BCUT2D eigenvalue weighted by Crippen LogP contribution is 2.18. The Labute approximate surface area is 98.7 Å². The van der Waals surface area contributed by atoms with Crippen LogP contribution >= 0.6 is 0 Å². The Balaban J connectivity index is 2.07. The van der Waals surface area contributed by atoms with Gasteiger partial charge in [0.05, 0.1) is 11.6 Å². The molecule has 1 aromatic heterocycles. The summed E-state index contributed by atoms with van der Waals surface area (Å²) >= 11 is 0. The zero-order valence-electron chi connectivity index (χ0n) is 9.68. The number of nitrogens with two attached hydrogens (primary N) is 1. The summed E-state index contributed by atoms with van der Waals surface area (Å²) in [7, 11) is 0. The van der Waals surface area contributed by atoms with Crippen molar-refractivity contribution in [2.24, 2.45) is 11.7 Å². The Morgan fingerprint density at radius 2 is 2.35 bits per heavy atom. The zero-order chi connectivity index (χ0) is 12.4. The number of carbonyl (C=O) groups is 2. The van der Waals surface area contributed by atoms with Gasteiger partial charge in [0.2, 0.25) is 11.7 Å². The van der Waals surface area contributed by atoms with Crippen LogP contribution in [0.5, 0.6) is 0 Å². The van der Waals surface area contributed by atoms with Crippen molar-refractivity contribution in [3.8, 4) is 0 Å². The van der Waals surface area contributed by atoms with Crippen LogP contribution in [0.25, 0.3) is 0 Å². The van der Waals surface area contributed by atoms with Gasteiger partial charge in [0.15, 0.2) is 0 Å². The molecule has 2 heterocycles. The van der Waals surface area contributed by atoms with Crippen LogP contribution in [0, 0.1) is 12.8 Å². The van der Waals surface area contributed by atoms with Crippen molar-refractivity contribution in [3.05, 3.63) is 17.5 Å². The molecular formula is C11H15N3O3. The number of nitrogens with zero attached hydrogens (tertiary/aromatic N) is 2. The molecule has 2 rings (SSSR count). The predicted molar refractivity (Wildman–Crippen MR) is 59.1 cm³/mol. The number of aryl methyl sites for hydroxylation is 1. The fourth-order valence-electron chi connectivity index (χ4n) is 2.01. The summed E-state index contributed by atoms with van der Waals surface area (Å²) in [6.45, 7) is 2.75. The lowest BCUT2D eigenvalue weighted by Crippen LogP contribution is -2.44. The van der Waals surface area contributed by atoms with Gasteiger partial charge in [-0.2, -0.15) is 0 Å². The fraction of sp³-hybridized carbons (Fsp3) is 0.545. The summed E-state index contributed by atoms with van der Waals surface area (Å²) in [4.78, 5) is 24.7. The fourth-order valence-corrected chi connectivity index (χ4v) is 2.01. The SMILES string of the molecule is Cc1cc(C(=O)N2CCCC(C(N)=O)C2)on1.